The molecule has 5 nitrogen and oxygen atoms in total. The average molecular weight is 395 g/mol. The quantitative estimate of drug-likeness (QED) is 0.520. The van der Waals surface area contributed by atoms with Crippen LogP contribution in [0.3, 0.4) is 0 Å². The Hall–Kier alpha value is -2.96. The van der Waals surface area contributed by atoms with Crippen LogP contribution in [0.1, 0.15) is 15.9 Å². The van der Waals surface area contributed by atoms with Crippen LogP contribution in [0.2, 0.25) is 5.02 Å². The number of aromatic nitrogens is 3. The molecule has 0 saturated heterocycles. The molecule has 7 heteroatoms. The lowest BCUT2D eigenvalue weighted by Gasteiger charge is -2.05. The molecule has 2 aromatic carbocycles. The highest BCUT2D eigenvalue weighted by Gasteiger charge is 2.10. The first-order valence-electron chi connectivity index (χ1n) is 8.26. The van der Waals surface area contributed by atoms with E-state index in [0.717, 1.165) is 21.8 Å². The average Bonchev–Trinajstić information content (AvgIpc) is 3.36. The molecule has 0 fully saturated rings. The van der Waals surface area contributed by atoms with E-state index in [1.54, 1.807) is 34.6 Å². The van der Waals surface area contributed by atoms with E-state index < -0.39 is 0 Å². The van der Waals surface area contributed by atoms with Crippen molar-refractivity contribution in [3.63, 3.8) is 0 Å². The maximum atomic E-state index is 12.5. The third kappa shape index (κ3) is 4.07. The summed E-state index contributed by atoms with van der Waals surface area (Å²) in [5.74, 6) is -0.206. The summed E-state index contributed by atoms with van der Waals surface area (Å²) in [7, 11) is 0. The van der Waals surface area contributed by atoms with Crippen LogP contribution in [-0.2, 0) is 6.54 Å². The molecule has 2 heterocycles. The van der Waals surface area contributed by atoms with Crippen LogP contribution >= 0.6 is 22.9 Å². The largest absolute Gasteiger partial charge is 0.322 e. The molecule has 4 aromatic rings. The van der Waals surface area contributed by atoms with Gasteiger partial charge in [-0.25, -0.2) is 4.98 Å². The molecule has 0 saturated carbocycles. The number of amides is 1. The lowest BCUT2D eigenvalue weighted by molar-refractivity contribution is 0.102. The van der Waals surface area contributed by atoms with Crippen molar-refractivity contribution >= 4 is 34.5 Å². The summed E-state index contributed by atoms with van der Waals surface area (Å²) in [6.45, 7) is 0.509. The fraction of sp³-hybridized carbons (Fsp3) is 0.0500. The minimum Gasteiger partial charge on any atom is -0.322 e. The lowest BCUT2D eigenvalue weighted by Crippen LogP contribution is -2.11. The van der Waals surface area contributed by atoms with E-state index >= 15 is 0 Å². The second kappa shape index (κ2) is 7.73. The zero-order valence-electron chi connectivity index (χ0n) is 14.2. The van der Waals surface area contributed by atoms with Crippen molar-refractivity contribution in [2.75, 3.05) is 5.32 Å². The summed E-state index contributed by atoms with van der Waals surface area (Å²) in [5, 5.41) is 10.7. The van der Waals surface area contributed by atoms with Gasteiger partial charge in [0.2, 0.25) is 0 Å². The number of carbonyl (C=O) groups is 1. The summed E-state index contributed by atoms with van der Waals surface area (Å²) in [6, 6.07) is 15.2. The van der Waals surface area contributed by atoms with E-state index in [1.165, 1.54) is 0 Å². The molecule has 0 spiro atoms. The van der Waals surface area contributed by atoms with Crippen LogP contribution in [0.15, 0.2) is 72.5 Å². The molecule has 4 rings (SSSR count). The van der Waals surface area contributed by atoms with Crippen LogP contribution in [0, 0.1) is 0 Å². The number of hydrogen-bond donors (Lipinski definition) is 1. The summed E-state index contributed by atoms with van der Waals surface area (Å²) >= 11 is 7.75. The number of thiazole rings is 1. The number of rotatable bonds is 5. The molecule has 0 aliphatic carbocycles. The normalized spacial score (nSPS) is 10.7. The van der Waals surface area contributed by atoms with Gasteiger partial charge in [-0.15, -0.1) is 11.3 Å². The van der Waals surface area contributed by atoms with Crippen molar-refractivity contribution in [3.05, 3.63) is 88.7 Å². The van der Waals surface area contributed by atoms with E-state index in [4.69, 9.17) is 11.6 Å². The fourth-order valence-electron chi connectivity index (χ4n) is 2.63. The van der Waals surface area contributed by atoms with Gasteiger partial charge in [0.05, 0.1) is 18.3 Å². The molecule has 27 heavy (non-hydrogen) atoms. The number of hydrogen-bond acceptors (Lipinski definition) is 4. The van der Waals surface area contributed by atoms with Gasteiger partial charge in [0, 0.05) is 34.0 Å². The number of benzene rings is 2. The molecule has 0 atom stereocenters. The first-order chi connectivity index (χ1) is 13.2. The zero-order valence-corrected chi connectivity index (χ0v) is 15.7. The van der Waals surface area contributed by atoms with Crippen molar-refractivity contribution in [2.24, 2.45) is 0 Å². The van der Waals surface area contributed by atoms with E-state index in [1.807, 2.05) is 53.9 Å². The molecule has 0 aliphatic heterocycles. The van der Waals surface area contributed by atoms with Crippen molar-refractivity contribution < 1.29 is 4.79 Å². The molecule has 0 unspecified atom stereocenters. The Morgan fingerprint density at radius 1 is 1.15 bits per heavy atom. The topological polar surface area (TPSA) is 59.8 Å². The minimum atomic E-state index is -0.206. The Kier molecular flexibility index (Phi) is 5.00. The van der Waals surface area contributed by atoms with Gasteiger partial charge >= 0.3 is 0 Å². The maximum Gasteiger partial charge on any atom is 0.258 e. The highest BCUT2D eigenvalue weighted by Crippen LogP contribution is 2.23. The molecular formula is C20H15ClN4OS. The van der Waals surface area contributed by atoms with Gasteiger partial charge in [0.1, 0.15) is 5.01 Å². The first kappa shape index (κ1) is 17.5. The maximum absolute atomic E-state index is 12.5. The smallest absolute Gasteiger partial charge is 0.258 e. The summed E-state index contributed by atoms with van der Waals surface area (Å²) in [4.78, 5) is 16.7. The SMILES string of the molecule is O=C(Nc1ccc(-c2nccs2)cc1)c1cnn(Cc2ccccc2Cl)c1. The third-order valence-electron chi connectivity index (χ3n) is 4.01. The Balaban J connectivity index is 1.43. The highest BCUT2D eigenvalue weighted by molar-refractivity contribution is 7.13. The van der Waals surface area contributed by atoms with Crippen LogP contribution in [0.4, 0.5) is 5.69 Å². The summed E-state index contributed by atoms with van der Waals surface area (Å²) in [6.07, 6.45) is 5.04. The zero-order chi connectivity index (χ0) is 18.6. The molecule has 2 aromatic heterocycles. The number of nitrogens with one attached hydrogen (secondary N) is 1. The molecular weight excluding hydrogens is 380 g/mol. The Labute approximate surface area is 165 Å². The first-order valence-corrected chi connectivity index (χ1v) is 9.52. The van der Waals surface area contributed by atoms with Crippen LogP contribution < -0.4 is 5.32 Å². The van der Waals surface area contributed by atoms with Gasteiger partial charge < -0.3 is 5.32 Å². The lowest BCUT2D eigenvalue weighted by atomic mass is 10.2. The van der Waals surface area contributed by atoms with E-state index in [2.05, 4.69) is 15.4 Å². The van der Waals surface area contributed by atoms with Crippen molar-refractivity contribution in [1.82, 2.24) is 14.8 Å². The summed E-state index contributed by atoms with van der Waals surface area (Å²) < 4.78 is 1.70. The Morgan fingerprint density at radius 3 is 2.70 bits per heavy atom. The number of halogens is 1. The molecule has 0 bridgehead atoms. The molecule has 0 aliphatic rings. The Morgan fingerprint density at radius 2 is 1.96 bits per heavy atom. The number of anilines is 1. The number of carbonyl (C=O) groups excluding carboxylic acids is 1. The molecule has 1 N–H and O–H groups in total. The summed E-state index contributed by atoms with van der Waals surface area (Å²) in [5.41, 5.74) is 3.19. The molecule has 1 amide bonds. The van der Waals surface area contributed by atoms with Crippen molar-refractivity contribution in [3.8, 4) is 10.6 Å². The van der Waals surface area contributed by atoms with E-state index in [9.17, 15) is 4.79 Å². The second-order valence-corrected chi connectivity index (χ2v) is 7.19. The second-order valence-electron chi connectivity index (χ2n) is 5.89. The van der Waals surface area contributed by atoms with Crippen LogP contribution in [0.5, 0.6) is 0 Å². The van der Waals surface area contributed by atoms with Gasteiger partial charge in [-0.2, -0.15) is 5.10 Å². The monoisotopic (exact) mass is 394 g/mol. The predicted molar refractivity (Wildman–Crippen MR) is 108 cm³/mol. The van der Waals surface area contributed by atoms with E-state index in [-0.39, 0.29) is 5.91 Å². The minimum absolute atomic E-state index is 0.206. The van der Waals surface area contributed by atoms with Gasteiger partial charge in [-0.3, -0.25) is 9.48 Å². The molecule has 134 valence electrons. The van der Waals surface area contributed by atoms with Crippen LogP contribution in [-0.4, -0.2) is 20.7 Å². The van der Waals surface area contributed by atoms with Gasteiger partial charge in [0.25, 0.3) is 5.91 Å². The fourth-order valence-corrected chi connectivity index (χ4v) is 3.47. The van der Waals surface area contributed by atoms with Crippen molar-refractivity contribution in [1.29, 1.82) is 0 Å². The predicted octanol–water partition coefficient (Wildman–Crippen LogP) is 4.96. The van der Waals surface area contributed by atoms with E-state index in [0.29, 0.717) is 17.1 Å². The van der Waals surface area contributed by atoms with Gasteiger partial charge in [0.15, 0.2) is 0 Å². The van der Waals surface area contributed by atoms with Crippen LogP contribution in [0.25, 0.3) is 10.6 Å². The number of nitrogens with zero attached hydrogens (tertiary/aromatic N) is 3. The standard InChI is InChI=1S/C20H15ClN4OS/c21-18-4-2-1-3-15(18)12-25-13-16(11-23-25)19(26)24-17-7-5-14(6-8-17)20-22-9-10-27-20/h1-11,13H,12H2,(H,24,26). The van der Waals surface area contributed by atoms with Gasteiger partial charge in [-0.05, 0) is 35.9 Å². The Bertz CT molecular complexity index is 1060. The third-order valence-corrected chi connectivity index (χ3v) is 5.20. The van der Waals surface area contributed by atoms with Crippen molar-refractivity contribution in [2.45, 2.75) is 6.54 Å². The highest BCUT2D eigenvalue weighted by atomic mass is 35.5. The van der Waals surface area contributed by atoms with Gasteiger partial charge in [-0.1, -0.05) is 29.8 Å². The molecule has 0 radical (unpaired) electrons.